The lowest BCUT2D eigenvalue weighted by molar-refractivity contribution is -0.141. The number of aromatic nitrogens is 4. The van der Waals surface area contributed by atoms with Crippen molar-refractivity contribution in [1.29, 1.82) is 0 Å². The third-order valence-electron chi connectivity index (χ3n) is 6.99. The Kier molecular flexibility index (Phi) is 7.33. The van der Waals surface area contributed by atoms with Gasteiger partial charge in [0.15, 0.2) is 0 Å². The molecule has 2 saturated carbocycles. The van der Waals surface area contributed by atoms with E-state index >= 15 is 0 Å². The molecule has 0 saturated heterocycles. The minimum atomic E-state index is -0.722. The number of carboxylic acids is 1. The predicted octanol–water partition coefficient (Wildman–Crippen LogP) is 3.43. The number of hydrogen-bond acceptors (Lipinski definition) is 7. The molecular formula is C24H33N5O5. The van der Waals surface area contributed by atoms with Crippen molar-refractivity contribution in [3.8, 4) is 17.1 Å². The lowest BCUT2D eigenvalue weighted by atomic mass is 9.85. The minimum absolute atomic E-state index is 0.0536. The third-order valence-corrected chi connectivity index (χ3v) is 6.99. The molecule has 2 aliphatic rings. The molecule has 2 heterocycles. The first-order valence-corrected chi connectivity index (χ1v) is 11.9. The Bertz CT molecular complexity index is 1030. The van der Waals surface area contributed by atoms with Gasteiger partial charge in [-0.15, -0.1) is 5.10 Å². The summed E-state index contributed by atoms with van der Waals surface area (Å²) >= 11 is 0. The normalized spacial score (nSPS) is 20.1. The van der Waals surface area contributed by atoms with Crippen LogP contribution in [0.25, 0.3) is 11.4 Å². The fraction of sp³-hybridized carbons (Fsp3) is 0.625. The van der Waals surface area contributed by atoms with Gasteiger partial charge in [-0.3, -0.25) is 4.79 Å². The van der Waals surface area contributed by atoms with Crippen molar-refractivity contribution in [3.05, 3.63) is 23.5 Å². The Hall–Kier alpha value is -3.17. The molecule has 0 aliphatic heterocycles. The lowest BCUT2D eigenvalue weighted by Gasteiger charge is -2.29. The average Bonchev–Trinajstić information content (AvgIpc) is 3.40. The van der Waals surface area contributed by atoms with Gasteiger partial charge in [0.1, 0.15) is 23.7 Å². The van der Waals surface area contributed by atoms with Crippen LogP contribution in [0, 0.1) is 24.7 Å². The monoisotopic (exact) mass is 471 g/mol. The molecule has 2 fully saturated rings. The van der Waals surface area contributed by atoms with E-state index in [0.29, 0.717) is 53.9 Å². The van der Waals surface area contributed by atoms with Gasteiger partial charge in [-0.1, -0.05) is 11.6 Å². The van der Waals surface area contributed by atoms with E-state index in [1.165, 1.54) is 19.3 Å². The summed E-state index contributed by atoms with van der Waals surface area (Å²) in [4.78, 5) is 29.8. The van der Waals surface area contributed by atoms with E-state index in [1.54, 1.807) is 23.7 Å². The number of carboxylic acid groups (broad SMARTS) is 1. The zero-order valence-corrected chi connectivity index (χ0v) is 20.1. The molecular weight excluding hydrogens is 438 g/mol. The Balaban J connectivity index is 1.36. The van der Waals surface area contributed by atoms with Gasteiger partial charge in [-0.25, -0.2) is 14.5 Å². The Morgan fingerprint density at radius 1 is 1.21 bits per heavy atom. The highest BCUT2D eigenvalue weighted by molar-refractivity contribution is 5.70. The molecule has 2 aromatic heterocycles. The summed E-state index contributed by atoms with van der Waals surface area (Å²) in [6, 6.07) is 3.66. The second-order valence-corrected chi connectivity index (χ2v) is 9.55. The highest BCUT2D eigenvalue weighted by Gasteiger charge is 2.30. The molecule has 2 aromatic rings. The van der Waals surface area contributed by atoms with E-state index in [0.717, 1.165) is 13.0 Å². The van der Waals surface area contributed by atoms with Crippen LogP contribution < -0.4 is 4.74 Å². The number of carbonyl (C=O) groups excluding carboxylic acids is 1. The summed E-state index contributed by atoms with van der Waals surface area (Å²) in [5.41, 5.74) is 2.56. The second-order valence-electron chi connectivity index (χ2n) is 9.55. The SMILES string of the molecule is Cc1nc(-c2nnn(C)c2COC(=O)N(C)CC2CCC2)ccc1OC[C@H]1CC[C@@H](C(=O)O)C1. The quantitative estimate of drug-likeness (QED) is 0.591. The van der Waals surface area contributed by atoms with Crippen LogP contribution in [0.4, 0.5) is 4.79 Å². The van der Waals surface area contributed by atoms with Crippen molar-refractivity contribution in [1.82, 2.24) is 24.9 Å². The van der Waals surface area contributed by atoms with E-state index in [4.69, 9.17) is 9.47 Å². The van der Waals surface area contributed by atoms with Crippen molar-refractivity contribution in [3.63, 3.8) is 0 Å². The average molecular weight is 472 g/mol. The van der Waals surface area contributed by atoms with E-state index in [2.05, 4.69) is 15.3 Å². The van der Waals surface area contributed by atoms with Crippen molar-refractivity contribution >= 4 is 12.1 Å². The zero-order valence-electron chi connectivity index (χ0n) is 20.1. The standard InChI is InChI=1S/C24H33N5O5/c1-15-21(33-13-17-7-8-18(11-17)23(30)31)10-9-19(25-15)22-20(29(3)27-26-22)14-34-24(32)28(2)12-16-5-4-6-16/h9-10,16-18H,4-8,11-14H2,1-3H3,(H,30,31)/t17-,18+/m0/s1. The number of carbonyl (C=O) groups is 2. The number of aliphatic carboxylic acids is 1. The van der Waals surface area contributed by atoms with Crippen LogP contribution in [0.1, 0.15) is 49.9 Å². The molecule has 10 heteroatoms. The van der Waals surface area contributed by atoms with Gasteiger partial charge in [0.05, 0.1) is 23.9 Å². The van der Waals surface area contributed by atoms with Crippen LogP contribution in [0.15, 0.2) is 12.1 Å². The van der Waals surface area contributed by atoms with Gasteiger partial charge in [0.25, 0.3) is 0 Å². The topological polar surface area (TPSA) is 120 Å². The van der Waals surface area contributed by atoms with Crippen LogP contribution in [0.3, 0.4) is 0 Å². The predicted molar refractivity (Wildman–Crippen MR) is 123 cm³/mol. The molecule has 10 nitrogen and oxygen atoms in total. The number of rotatable bonds is 9. The molecule has 1 N–H and O–H groups in total. The fourth-order valence-electron chi connectivity index (χ4n) is 4.61. The molecule has 2 aliphatic carbocycles. The van der Waals surface area contributed by atoms with Gasteiger partial charge in [-0.05, 0) is 63.0 Å². The van der Waals surface area contributed by atoms with E-state index in [-0.39, 0.29) is 24.5 Å². The first-order valence-electron chi connectivity index (χ1n) is 11.9. The van der Waals surface area contributed by atoms with Gasteiger partial charge >= 0.3 is 12.1 Å². The van der Waals surface area contributed by atoms with Crippen LogP contribution in [-0.2, 0) is 23.2 Å². The maximum absolute atomic E-state index is 12.4. The van der Waals surface area contributed by atoms with Crippen molar-refractivity contribution in [2.24, 2.45) is 24.8 Å². The molecule has 0 bridgehead atoms. The summed E-state index contributed by atoms with van der Waals surface area (Å²) in [5, 5.41) is 17.5. The molecule has 0 aromatic carbocycles. The Labute approximate surface area is 199 Å². The number of amides is 1. The van der Waals surface area contributed by atoms with Crippen LogP contribution >= 0.6 is 0 Å². The number of nitrogens with zero attached hydrogens (tertiary/aromatic N) is 5. The van der Waals surface area contributed by atoms with Crippen LogP contribution in [0.5, 0.6) is 5.75 Å². The molecule has 34 heavy (non-hydrogen) atoms. The van der Waals surface area contributed by atoms with Gasteiger partial charge in [0, 0.05) is 20.6 Å². The number of hydrogen-bond donors (Lipinski definition) is 1. The maximum atomic E-state index is 12.4. The zero-order chi connectivity index (χ0) is 24.2. The summed E-state index contributed by atoms with van der Waals surface area (Å²) < 4.78 is 13.1. The number of aryl methyl sites for hydroxylation is 2. The smallest absolute Gasteiger partial charge is 0.409 e. The van der Waals surface area contributed by atoms with Crippen molar-refractivity contribution in [2.75, 3.05) is 20.2 Å². The summed E-state index contributed by atoms with van der Waals surface area (Å²) in [5.74, 6) is 0.491. The number of pyridine rings is 1. The van der Waals surface area contributed by atoms with Gasteiger partial charge in [-0.2, -0.15) is 0 Å². The van der Waals surface area contributed by atoms with Gasteiger partial charge in [0.2, 0.25) is 0 Å². The summed E-state index contributed by atoms with van der Waals surface area (Å²) in [6.45, 7) is 3.11. The summed E-state index contributed by atoms with van der Waals surface area (Å²) in [7, 11) is 3.52. The molecule has 1 amide bonds. The van der Waals surface area contributed by atoms with E-state index in [1.807, 2.05) is 19.1 Å². The van der Waals surface area contributed by atoms with E-state index in [9.17, 15) is 14.7 Å². The fourth-order valence-corrected chi connectivity index (χ4v) is 4.61. The Morgan fingerprint density at radius 2 is 2.00 bits per heavy atom. The van der Waals surface area contributed by atoms with Crippen LogP contribution in [-0.4, -0.2) is 62.2 Å². The van der Waals surface area contributed by atoms with Crippen molar-refractivity contribution < 1.29 is 24.2 Å². The third kappa shape index (κ3) is 5.48. The van der Waals surface area contributed by atoms with Gasteiger partial charge < -0.3 is 19.5 Å². The van der Waals surface area contributed by atoms with Crippen molar-refractivity contribution in [2.45, 2.75) is 52.1 Å². The molecule has 184 valence electrons. The molecule has 4 rings (SSSR count). The Morgan fingerprint density at radius 3 is 2.65 bits per heavy atom. The largest absolute Gasteiger partial charge is 0.491 e. The second kappa shape index (κ2) is 10.4. The minimum Gasteiger partial charge on any atom is -0.491 e. The lowest BCUT2D eigenvalue weighted by Crippen LogP contribution is -2.34. The summed E-state index contributed by atoms with van der Waals surface area (Å²) in [6.07, 6.45) is 5.43. The first kappa shape index (κ1) is 24.0. The highest BCUT2D eigenvalue weighted by Crippen LogP contribution is 2.32. The molecule has 0 radical (unpaired) electrons. The molecule has 2 atom stereocenters. The first-order chi connectivity index (χ1) is 16.3. The maximum Gasteiger partial charge on any atom is 0.409 e. The molecule has 0 spiro atoms. The highest BCUT2D eigenvalue weighted by atomic mass is 16.6. The number of ether oxygens (including phenoxy) is 2. The van der Waals surface area contributed by atoms with E-state index < -0.39 is 5.97 Å². The molecule has 0 unspecified atom stereocenters. The van der Waals surface area contributed by atoms with Crippen LogP contribution in [0.2, 0.25) is 0 Å².